The molecule has 9 heteroatoms. The maximum atomic E-state index is 12.5. The molecule has 0 radical (unpaired) electrons. The van der Waals surface area contributed by atoms with E-state index in [9.17, 15) is 4.79 Å². The van der Waals surface area contributed by atoms with Crippen molar-refractivity contribution >= 4 is 23.4 Å². The summed E-state index contributed by atoms with van der Waals surface area (Å²) in [5.41, 5.74) is 1.46. The number of ether oxygens (including phenoxy) is 2. The minimum atomic E-state index is -0.243. The molecule has 0 bridgehead atoms. The van der Waals surface area contributed by atoms with E-state index in [1.165, 1.54) is 0 Å². The second-order valence-electron chi connectivity index (χ2n) is 8.65. The number of carbonyl (C=O) groups is 1. The molecule has 1 amide bonds. The van der Waals surface area contributed by atoms with E-state index in [0.717, 1.165) is 30.1 Å². The molecule has 2 aliphatic rings. The lowest BCUT2D eigenvalue weighted by Gasteiger charge is -2.38. The van der Waals surface area contributed by atoms with Crippen LogP contribution in [0.5, 0.6) is 11.6 Å². The number of nitrogens with zero attached hydrogens (tertiary/aromatic N) is 4. The van der Waals surface area contributed by atoms with E-state index >= 15 is 0 Å². The second kappa shape index (κ2) is 8.56. The van der Waals surface area contributed by atoms with Gasteiger partial charge in [-0.1, -0.05) is 13.8 Å². The highest BCUT2D eigenvalue weighted by atomic mass is 16.5. The first-order chi connectivity index (χ1) is 14.9. The molecule has 0 aromatic carbocycles. The van der Waals surface area contributed by atoms with Crippen LogP contribution in [-0.4, -0.2) is 53.7 Å². The molecule has 1 atom stereocenters. The number of aromatic nitrogens is 3. The molecule has 1 fully saturated rings. The molecule has 0 saturated heterocycles. The summed E-state index contributed by atoms with van der Waals surface area (Å²) in [5, 5.41) is 6.42. The fourth-order valence-electron chi connectivity index (χ4n) is 4.24. The summed E-state index contributed by atoms with van der Waals surface area (Å²) in [6.07, 6.45) is 3.66. The van der Waals surface area contributed by atoms with E-state index in [0.29, 0.717) is 36.1 Å². The van der Waals surface area contributed by atoms with Gasteiger partial charge < -0.3 is 25.0 Å². The average molecular weight is 427 g/mol. The minimum absolute atomic E-state index is 0.00805. The van der Waals surface area contributed by atoms with Gasteiger partial charge in [-0.2, -0.15) is 4.98 Å². The maximum absolute atomic E-state index is 12.5. The number of aryl methyl sites for hydroxylation is 1. The van der Waals surface area contributed by atoms with Crippen molar-refractivity contribution in [2.45, 2.75) is 45.7 Å². The highest BCUT2D eigenvalue weighted by molar-refractivity contribution is 6.03. The van der Waals surface area contributed by atoms with Gasteiger partial charge in [-0.05, 0) is 37.7 Å². The summed E-state index contributed by atoms with van der Waals surface area (Å²) in [6, 6.07) is 3.72. The van der Waals surface area contributed by atoms with Crippen molar-refractivity contribution in [1.82, 2.24) is 15.0 Å². The van der Waals surface area contributed by atoms with Crippen LogP contribution in [0.4, 0.5) is 17.5 Å². The number of hydrogen-bond donors (Lipinski definition) is 2. The molecule has 2 aromatic rings. The Morgan fingerprint density at radius 3 is 2.71 bits per heavy atom. The lowest BCUT2D eigenvalue weighted by Crippen LogP contribution is -2.50. The molecule has 0 spiro atoms. The molecule has 2 aromatic heterocycles. The third-order valence-electron chi connectivity index (χ3n) is 5.94. The molecular weight excluding hydrogens is 396 g/mol. The summed E-state index contributed by atoms with van der Waals surface area (Å²) in [5.74, 6) is 3.33. The summed E-state index contributed by atoms with van der Waals surface area (Å²) in [6.45, 7) is 6.63. The van der Waals surface area contributed by atoms with Gasteiger partial charge in [-0.3, -0.25) is 4.79 Å². The first-order valence-electron chi connectivity index (χ1n) is 10.7. The van der Waals surface area contributed by atoms with Gasteiger partial charge >= 0.3 is 0 Å². The van der Waals surface area contributed by atoms with Gasteiger partial charge in [0.15, 0.2) is 5.82 Å². The number of methoxy groups -OCH3 is 1. The van der Waals surface area contributed by atoms with Crippen molar-refractivity contribution in [3.8, 4) is 11.6 Å². The highest BCUT2D eigenvalue weighted by Gasteiger charge is 2.36. The number of rotatable bonds is 7. The van der Waals surface area contributed by atoms with Gasteiger partial charge in [0.1, 0.15) is 17.5 Å². The van der Waals surface area contributed by atoms with Gasteiger partial charge in [-0.15, -0.1) is 0 Å². The lowest BCUT2D eigenvalue weighted by atomic mass is 9.81. The Morgan fingerprint density at radius 2 is 2.06 bits per heavy atom. The topological polar surface area (TPSA) is 102 Å². The van der Waals surface area contributed by atoms with Crippen molar-refractivity contribution in [3.05, 3.63) is 24.0 Å². The lowest BCUT2D eigenvalue weighted by molar-refractivity contribution is -0.118. The van der Waals surface area contributed by atoms with E-state index in [4.69, 9.17) is 14.5 Å². The van der Waals surface area contributed by atoms with Gasteiger partial charge in [0, 0.05) is 19.2 Å². The van der Waals surface area contributed by atoms with Crippen LogP contribution in [0.2, 0.25) is 0 Å². The normalized spacial score (nSPS) is 22.5. The first-order valence-corrected chi connectivity index (χ1v) is 10.7. The molecule has 4 rings (SSSR count). The highest BCUT2D eigenvalue weighted by Crippen LogP contribution is 2.35. The summed E-state index contributed by atoms with van der Waals surface area (Å²) >= 11 is 0. The van der Waals surface area contributed by atoms with Gasteiger partial charge in [0.2, 0.25) is 17.7 Å². The third-order valence-corrected chi connectivity index (χ3v) is 5.94. The Kier molecular flexibility index (Phi) is 5.84. The zero-order valence-electron chi connectivity index (χ0n) is 18.7. The fraction of sp³-hybridized carbons (Fsp3) is 0.545. The quantitative estimate of drug-likeness (QED) is 0.697. The van der Waals surface area contributed by atoms with Crippen molar-refractivity contribution in [2.75, 3.05) is 36.3 Å². The number of amides is 1. The molecule has 1 saturated carbocycles. The fourth-order valence-corrected chi connectivity index (χ4v) is 4.24. The Bertz CT molecular complexity index is 943. The summed E-state index contributed by atoms with van der Waals surface area (Å²) in [7, 11) is 3.51. The molecule has 1 unspecified atom stereocenters. The predicted octanol–water partition coefficient (Wildman–Crippen LogP) is 2.87. The van der Waals surface area contributed by atoms with Crippen LogP contribution < -0.4 is 25.0 Å². The van der Waals surface area contributed by atoms with Crippen molar-refractivity contribution in [1.29, 1.82) is 0 Å². The number of hydrogen-bond acceptors (Lipinski definition) is 8. The number of pyridine rings is 1. The Hall–Kier alpha value is -3.10. The van der Waals surface area contributed by atoms with Crippen LogP contribution in [0.1, 0.15) is 32.4 Å². The van der Waals surface area contributed by atoms with Gasteiger partial charge in [0.25, 0.3) is 0 Å². The minimum Gasteiger partial charge on any atom is -0.492 e. The summed E-state index contributed by atoms with van der Waals surface area (Å²) < 4.78 is 10.9. The number of nitrogens with one attached hydrogen (secondary N) is 2. The van der Waals surface area contributed by atoms with Crippen molar-refractivity contribution < 1.29 is 14.3 Å². The number of anilines is 3. The Labute approximate surface area is 182 Å². The third kappa shape index (κ3) is 4.35. The van der Waals surface area contributed by atoms with Gasteiger partial charge in [0.05, 0.1) is 25.6 Å². The molecule has 31 heavy (non-hydrogen) atoms. The second-order valence-corrected chi connectivity index (χ2v) is 8.65. The smallest absolute Gasteiger partial charge is 0.247 e. The van der Waals surface area contributed by atoms with E-state index in [1.807, 2.05) is 38.8 Å². The monoisotopic (exact) mass is 426 g/mol. The zero-order valence-corrected chi connectivity index (χ0v) is 18.7. The van der Waals surface area contributed by atoms with Gasteiger partial charge in [-0.25, -0.2) is 9.97 Å². The Morgan fingerprint density at radius 1 is 1.29 bits per heavy atom. The molecule has 9 nitrogen and oxygen atoms in total. The molecule has 166 valence electrons. The van der Waals surface area contributed by atoms with E-state index in [-0.39, 0.29) is 17.9 Å². The van der Waals surface area contributed by atoms with Crippen LogP contribution in [0.15, 0.2) is 18.3 Å². The van der Waals surface area contributed by atoms with Crippen LogP contribution >= 0.6 is 0 Å². The molecule has 1 aliphatic heterocycles. The summed E-state index contributed by atoms with van der Waals surface area (Å²) in [4.78, 5) is 27.9. The number of carbonyl (C=O) groups excluding carboxylic acids is 1. The largest absolute Gasteiger partial charge is 0.492 e. The molecule has 2 N–H and O–H groups in total. The first kappa shape index (κ1) is 21.1. The number of fused-ring (bicyclic) bond motifs is 1. The SMILES string of the molecule is COc1ccc(OCC2CC(Nc3nc(C)c4c(n3)N(C)C(C(C)C)C(=O)N4)C2)cn1. The Balaban J connectivity index is 1.34. The van der Waals surface area contributed by atoms with Crippen molar-refractivity contribution in [3.63, 3.8) is 0 Å². The van der Waals surface area contributed by atoms with E-state index < -0.39 is 0 Å². The number of likely N-dealkylation sites (N-methyl/N-ethyl adjacent to an activating group) is 1. The average Bonchev–Trinajstić information content (AvgIpc) is 2.70. The van der Waals surface area contributed by atoms with Crippen LogP contribution in [0.3, 0.4) is 0 Å². The molecule has 1 aliphatic carbocycles. The molecular formula is C22H30N6O3. The van der Waals surface area contributed by atoms with Crippen LogP contribution in [0.25, 0.3) is 0 Å². The molecule has 3 heterocycles. The standard InChI is InChI=1S/C22H30N6O3/c1-12(2)19-21(29)26-18-13(3)24-22(27-20(18)28(19)4)25-15-8-14(9-15)11-31-16-6-7-17(30-5)23-10-16/h6-7,10,12,14-15,19H,8-9,11H2,1-5H3,(H,26,29)(H,24,25,27). The van der Waals surface area contributed by atoms with E-state index in [1.54, 1.807) is 19.4 Å². The van der Waals surface area contributed by atoms with Crippen LogP contribution in [0, 0.1) is 18.8 Å². The van der Waals surface area contributed by atoms with E-state index in [2.05, 4.69) is 20.6 Å². The zero-order chi connectivity index (χ0) is 22.1. The predicted molar refractivity (Wildman–Crippen MR) is 119 cm³/mol. The van der Waals surface area contributed by atoms with Crippen molar-refractivity contribution in [2.24, 2.45) is 11.8 Å². The van der Waals surface area contributed by atoms with Crippen LogP contribution in [-0.2, 0) is 4.79 Å². The maximum Gasteiger partial charge on any atom is 0.247 e.